The molecule has 0 atom stereocenters. The van der Waals surface area contributed by atoms with Crippen LogP contribution in [0.2, 0.25) is 0 Å². The molecule has 3 aromatic rings. The molecule has 0 radical (unpaired) electrons. The Hall–Kier alpha value is -4.09. The quantitative estimate of drug-likeness (QED) is 0.492. The summed E-state index contributed by atoms with van der Waals surface area (Å²) < 4.78 is 10.7. The van der Waals surface area contributed by atoms with Gasteiger partial charge in [0.15, 0.2) is 0 Å². The number of amides is 1. The average molecular weight is 403 g/mol. The number of aromatic nitrogens is 1. The number of hydrogen-bond acceptors (Lipinski definition) is 7. The summed E-state index contributed by atoms with van der Waals surface area (Å²) in [4.78, 5) is 16.4. The van der Waals surface area contributed by atoms with Gasteiger partial charge in [0, 0.05) is 31.0 Å². The van der Waals surface area contributed by atoms with Gasteiger partial charge in [0.25, 0.3) is 5.91 Å². The first-order valence-electron chi connectivity index (χ1n) is 9.18. The topological polar surface area (TPSA) is 122 Å². The summed E-state index contributed by atoms with van der Waals surface area (Å²) in [5.74, 6) is 0.884. The number of benzene rings is 2. The zero-order valence-electron chi connectivity index (χ0n) is 16.4. The molecular formula is C22H21N5O3. The molecular weight excluding hydrogens is 382 g/mol. The van der Waals surface area contributed by atoms with Crippen LogP contribution in [0.1, 0.15) is 15.9 Å². The molecule has 0 fully saturated rings. The fraction of sp³-hybridized carbons (Fsp3) is 0.136. The Balaban J connectivity index is 1.76. The van der Waals surface area contributed by atoms with Crippen molar-refractivity contribution in [2.45, 2.75) is 0 Å². The molecule has 3 rings (SSSR count). The number of anilines is 3. The summed E-state index contributed by atoms with van der Waals surface area (Å²) in [5, 5.41) is 15.3. The van der Waals surface area contributed by atoms with Crippen LogP contribution in [0.3, 0.4) is 0 Å². The minimum atomic E-state index is -0.183. The maximum atomic E-state index is 12.1. The van der Waals surface area contributed by atoms with Gasteiger partial charge < -0.3 is 25.8 Å². The molecule has 0 unspecified atom stereocenters. The lowest BCUT2D eigenvalue weighted by molar-refractivity contribution is 0.0937. The van der Waals surface area contributed by atoms with Crippen LogP contribution in [-0.2, 0) is 4.74 Å². The van der Waals surface area contributed by atoms with E-state index in [1.807, 2.05) is 24.3 Å². The van der Waals surface area contributed by atoms with E-state index >= 15 is 0 Å². The van der Waals surface area contributed by atoms with Crippen molar-refractivity contribution >= 4 is 23.1 Å². The first-order chi connectivity index (χ1) is 14.6. The smallest absolute Gasteiger partial charge is 0.251 e. The van der Waals surface area contributed by atoms with Crippen molar-refractivity contribution in [1.29, 1.82) is 5.26 Å². The largest absolute Gasteiger partial charge is 0.438 e. The minimum Gasteiger partial charge on any atom is -0.438 e. The molecule has 0 saturated carbocycles. The molecule has 4 N–H and O–H groups in total. The molecule has 0 saturated heterocycles. The van der Waals surface area contributed by atoms with Crippen LogP contribution in [0.5, 0.6) is 11.6 Å². The second-order valence-corrected chi connectivity index (χ2v) is 6.25. The Morgan fingerprint density at radius 2 is 1.90 bits per heavy atom. The lowest BCUT2D eigenvalue weighted by Crippen LogP contribution is -2.26. The second kappa shape index (κ2) is 9.91. The normalized spacial score (nSPS) is 10.1. The summed E-state index contributed by atoms with van der Waals surface area (Å²) in [6.07, 6.45) is 0. The van der Waals surface area contributed by atoms with E-state index in [4.69, 9.17) is 15.2 Å². The highest BCUT2D eigenvalue weighted by atomic mass is 16.5. The molecule has 8 nitrogen and oxygen atoms in total. The Morgan fingerprint density at radius 1 is 1.17 bits per heavy atom. The van der Waals surface area contributed by atoms with Crippen molar-refractivity contribution < 1.29 is 14.3 Å². The Bertz CT molecular complexity index is 1050. The molecule has 1 heterocycles. The summed E-state index contributed by atoms with van der Waals surface area (Å²) in [5.41, 5.74) is 7.65. The first-order valence-corrected chi connectivity index (χ1v) is 9.18. The molecule has 152 valence electrons. The van der Waals surface area contributed by atoms with Gasteiger partial charge in [-0.1, -0.05) is 18.2 Å². The molecule has 1 amide bonds. The Labute approximate surface area is 174 Å². The number of methoxy groups -OCH3 is 1. The molecule has 1 aromatic heterocycles. The predicted molar refractivity (Wildman–Crippen MR) is 114 cm³/mol. The van der Waals surface area contributed by atoms with Crippen LogP contribution in [0, 0.1) is 11.3 Å². The molecule has 0 bridgehead atoms. The third-order valence-corrected chi connectivity index (χ3v) is 4.10. The van der Waals surface area contributed by atoms with E-state index in [0.29, 0.717) is 36.0 Å². The van der Waals surface area contributed by atoms with Gasteiger partial charge in [-0.3, -0.25) is 4.79 Å². The zero-order valence-corrected chi connectivity index (χ0v) is 16.4. The van der Waals surface area contributed by atoms with Gasteiger partial charge in [0.05, 0.1) is 12.3 Å². The van der Waals surface area contributed by atoms with E-state index < -0.39 is 0 Å². The van der Waals surface area contributed by atoms with Crippen LogP contribution < -0.4 is 21.1 Å². The number of ether oxygens (including phenoxy) is 2. The number of nitrogens with two attached hydrogens (primary N) is 1. The Morgan fingerprint density at radius 3 is 2.57 bits per heavy atom. The highest BCUT2D eigenvalue weighted by Crippen LogP contribution is 2.30. The van der Waals surface area contributed by atoms with Crippen LogP contribution in [-0.4, -0.2) is 31.2 Å². The number of para-hydroxylation sites is 1. The number of carbonyl (C=O) groups excluding carboxylic acids is 1. The summed E-state index contributed by atoms with van der Waals surface area (Å²) in [7, 11) is 1.58. The SMILES string of the molecule is COCCNC(=O)c1ccc(Nc2cc(N)c(C#N)c(Oc3ccccc3)n2)cc1. The number of nitrogens with zero attached hydrogens (tertiary/aromatic N) is 2. The minimum absolute atomic E-state index is 0.111. The van der Waals surface area contributed by atoms with E-state index in [0.717, 1.165) is 0 Å². The van der Waals surface area contributed by atoms with Crippen LogP contribution >= 0.6 is 0 Å². The highest BCUT2D eigenvalue weighted by molar-refractivity contribution is 5.94. The van der Waals surface area contributed by atoms with Crippen LogP contribution in [0.4, 0.5) is 17.2 Å². The number of pyridine rings is 1. The summed E-state index contributed by atoms with van der Waals surface area (Å²) in [6, 6.07) is 19.5. The molecule has 2 aromatic carbocycles. The second-order valence-electron chi connectivity index (χ2n) is 6.25. The number of hydrogen-bond donors (Lipinski definition) is 3. The Kier molecular flexibility index (Phi) is 6.82. The molecule has 30 heavy (non-hydrogen) atoms. The van der Waals surface area contributed by atoms with Crippen molar-refractivity contribution in [3.63, 3.8) is 0 Å². The highest BCUT2D eigenvalue weighted by Gasteiger charge is 2.13. The van der Waals surface area contributed by atoms with Gasteiger partial charge in [-0.15, -0.1) is 0 Å². The number of carbonyl (C=O) groups is 1. The summed E-state index contributed by atoms with van der Waals surface area (Å²) >= 11 is 0. The zero-order chi connectivity index (χ0) is 21.3. The van der Waals surface area contributed by atoms with E-state index in [9.17, 15) is 10.1 Å². The van der Waals surface area contributed by atoms with Gasteiger partial charge in [-0.25, -0.2) is 0 Å². The van der Waals surface area contributed by atoms with Gasteiger partial charge in [-0.05, 0) is 36.4 Å². The van der Waals surface area contributed by atoms with Crippen molar-refractivity contribution in [2.24, 2.45) is 0 Å². The van der Waals surface area contributed by atoms with Crippen molar-refractivity contribution in [1.82, 2.24) is 10.3 Å². The van der Waals surface area contributed by atoms with Gasteiger partial charge >= 0.3 is 0 Å². The molecule has 8 heteroatoms. The first kappa shape index (κ1) is 20.6. The van der Waals surface area contributed by atoms with Crippen LogP contribution in [0.25, 0.3) is 0 Å². The number of nitriles is 1. The van der Waals surface area contributed by atoms with E-state index in [1.165, 1.54) is 0 Å². The molecule has 0 aliphatic heterocycles. The molecule has 0 spiro atoms. The lowest BCUT2D eigenvalue weighted by Gasteiger charge is -2.12. The number of nitrogen functional groups attached to an aromatic ring is 1. The molecule has 0 aliphatic carbocycles. The fourth-order valence-corrected chi connectivity index (χ4v) is 2.61. The average Bonchev–Trinajstić information content (AvgIpc) is 2.75. The fourth-order valence-electron chi connectivity index (χ4n) is 2.61. The van der Waals surface area contributed by atoms with Crippen molar-refractivity contribution in [2.75, 3.05) is 31.3 Å². The van der Waals surface area contributed by atoms with E-state index in [2.05, 4.69) is 15.6 Å². The van der Waals surface area contributed by atoms with Gasteiger partial charge in [0.2, 0.25) is 5.88 Å². The third-order valence-electron chi connectivity index (χ3n) is 4.10. The van der Waals surface area contributed by atoms with Crippen molar-refractivity contribution in [3.05, 3.63) is 71.8 Å². The van der Waals surface area contributed by atoms with E-state index in [-0.39, 0.29) is 23.0 Å². The standard InChI is InChI=1S/C22H21N5O3/c1-29-12-11-25-21(28)15-7-9-16(10-8-15)26-20-13-19(24)18(14-23)22(27-20)30-17-5-3-2-4-6-17/h2-10,13H,11-12H2,1H3,(H,25,28)(H3,24,26,27). The number of rotatable bonds is 8. The van der Waals surface area contributed by atoms with Crippen molar-refractivity contribution in [3.8, 4) is 17.7 Å². The predicted octanol–water partition coefficient (Wildman–Crippen LogP) is 3.45. The van der Waals surface area contributed by atoms with Gasteiger partial charge in [0.1, 0.15) is 23.2 Å². The maximum Gasteiger partial charge on any atom is 0.251 e. The summed E-state index contributed by atoms with van der Waals surface area (Å²) in [6.45, 7) is 0.887. The van der Waals surface area contributed by atoms with Crippen LogP contribution in [0.15, 0.2) is 60.7 Å². The third kappa shape index (κ3) is 5.25. The van der Waals surface area contributed by atoms with Gasteiger partial charge in [-0.2, -0.15) is 10.2 Å². The molecule has 0 aliphatic rings. The lowest BCUT2D eigenvalue weighted by atomic mass is 10.2. The number of nitrogens with one attached hydrogen (secondary N) is 2. The van der Waals surface area contributed by atoms with E-state index in [1.54, 1.807) is 49.6 Å². The maximum absolute atomic E-state index is 12.1. The monoisotopic (exact) mass is 403 g/mol.